The highest BCUT2D eigenvalue weighted by Gasteiger charge is 2.30. The number of nitrogens with two attached hydrogens (primary N) is 1. The Hall–Kier alpha value is -1.33. The summed E-state index contributed by atoms with van der Waals surface area (Å²) < 4.78 is 0. The van der Waals surface area contributed by atoms with E-state index in [9.17, 15) is 15.2 Å². The van der Waals surface area contributed by atoms with E-state index in [0.717, 1.165) is 25.7 Å². The second-order valence-electron chi connectivity index (χ2n) is 5.34. The zero-order valence-electron chi connectivity index (χ0n) is 11.5. The van der Waals surface area contributed by atoms with Crippen LogP contribution in [0.1, 0.15) is 49.3 Å². The number of hydrogen-bond donors (Lipinski definition) is 2. The summed E-state index contributed by atoms with van der Waals surface area (Å²) in [6.07, 6.45) is 5.38. The molecule has 6 heteroatoms. The van der Waals surface area contributed by atoms with Crippen molar-refractivity contribution in [1.29, 1.82) is 0 Å². The van der Waals surface area contributed by atoms with E-state index in [2.05, 4.69) is 0 Å². The maximum absolute atomic E-state index is 11.1. The van der Waals surface area contributed by atoms with Gasteiger partial charge in [-0.15, -0.1) is 12.4 Å². The molecule has 5 nitrogen and oxygen atoms in total. The van der Waals surface area contributed by atoms with E-state index < -0.39 is 11.0 Å². The SMILES string of the molecule is Cc1ccc([N+](=O)[O-])c([C@H](N)C2CCCCC2)c1O.Cl. The van der Waals surface area contributed by atoms with Crippen LogP contribution in [-0.4, -0.2) is 10.0 Å². The van der Waals surface area contributed by atoms with Gasteiger partial charge in [-0.25, -0.2) is 0 Å². The van der Waals surface area contributed by atoms with Crippen LogP contribution in [0, 0.1) is 23.0 Å². The summed E-state index contributed by atoms with van der Waals surface area (Å²) >= 11 is 0. The topological polar surface area (TPSA) is 89.4 Å². The first-order chi connectivity index (χ1) is 9.02. The summed E-state index contributed by atoms with van der Waals surface area (Å²) in [6, 6.07) is 2.54. The van der Waals surface area contributed by atoms with Crippen LogP contribution in [0.3, 0.4) is 0 Å². The molecule has 0 spiro atoms. The molecule has 0 amide bonds. The average molecular weight is 301 g/mol. The molecule has 0 saturated heterocycles. The van der Waals surface area contributed by atoms with Gasteiger partial charge in [-0.1, -0.05) is 19.3 Å². The van der Waals surface area contributed by atoms with Crippen molar-refractivity contribution in [2.75, 3.05) is 0 Å². The number of aromatic hydroxyl groups is 1. The zero-order valence-corrected chi connectivity index (χ0v) is 12.4. The summed E-state index contributed by atoms with van der Waals surface area (Å²) in [4.78, 5) is 10.7. The van der Waals surface area contributed by atoms with Gasteiger partial charge in [0.15, 0.2) is 0 Å². The molecule has 1 saturated carbocycles. The van der Waals surface area contributed by atoms with E-state index in [1.165, 1.54) is 12.5 Å². The largest absolute Gasteiger partial charge is 0.507 e. The van der Waals surface area contributed by atoms with Crippen molar-refractivity contribution in [2.24, 2.45) is 11.7 Å². The molecule has 1 fully saturated rings. The lowest BCUT2D eigenvalue weighted by atomic mass is 9.80. The summed E-state index contributed by atoms with van der Waals surface area (Å²) in [6.45, 7) is 1.73. The number of halogens is 1. The van der Waals surface area contributed by atoms with Gasteiger partial charge in [0.25, 0.3) is 5.69 Å². The third-order valence-electron chi connectivity index (χ3n) is 4.08. The van der Waals surface area contributed by atoms with E-state index in [1.54, 1.807) is 13.0 Å². The Morgan fingerprint density at radius 3 is 2.50 bits per heavy atom. The van der Waals surface area contributed by atoms with E-state index >= 15 is 0 Å². The van der Waals surface area contributed by atoms with E-state index in [0.29, 0.717) is 11.1 Å². The standard InChI is InChI=1S/C14H20N2O3.ClH/c1-9-7-8-11(16(18)19)12(14(9)17)13(15)10-5-3-2-4-6-10;/h7-8,10,13,17H,2-6,15H2,1H3;1H/t13-;/m1./s1. The lowest BCUT2D eigenvalue weighted by Crippen LogP contribution is -2.24. The number of nitrogens with zero attached hydrogens (tertiary/aromatic N) is 1. The van der Waals surface area contributed by atoms with Crippen LogP contribution in [0.4, 0.5) is 5.69 Å². The van der Waals surface area contributed by atoms with Crippen molar-refractivity contribution in [3.8, 4) is 5.75 Å². The first-order valence-electron chi connectivity index (χ1n) is 6.74. The molecule has 112 valence electrons. The highest BCUT2D eigenvalue weighted by Crippen LogP contribution is 2.41. The van der Waals surface area contributed by atoms with Crippen molar-refractivity contribution >= 4 is 18.1 Å². The summed E-state index contributed by atoms with van der Waals surface area (Å²) in [5, 5.41) is 21.3. The predicted molar refractivity (Wildman–Crippen MR) is 80.2 cm³/mol. The van der Waals surface area contributed by atoms with Crippen molar-refractivity contribution in [1.82, 2.24) is 0 Å². The van der Waals surface area contributed by atoms with Crippen LogP contribution in [-0.2, 0) is 0 Å². The lowest BCUT2D eigenvalue weighted by Gasteiger charge is -2.28. The number of benzene rings is 1. The molecular formula is C14H21ClN2O3. The highest BCUT2D eigenvalue weighted by atomic mass is 35.5. The minimum absolute atomic E-state index is 0. The predicted octanol–water partition coefficient (Wildman–Crippen LogP) is 3.61. The van der Waals surface area contributed by atoms with Gasteiger partial charge in [0.1, 0.15) is 5.75 Å². The minimum atomic E-state index is -0.461. The maximum atomic E-state index is 11.1. The molecule has 0 aromatic heterocycles. The van der Waals surface area contributed by atoms with Gasteiger partial charge in [-0.3, -0.25) is 10.1 Å². The van der Waals surface area contributed by atoms with Crippen molar-refractivity contribution < 1.29 is 10.0 Å². The van der Waals surface area contributed by atoms with Gasteiger partial charge < -0.3 is 10.8 Å². The Kier molecular flexibility index (Phi) is 5.77. The Balaban J connectivity index is 0.00000200. The summed E-state index contributed by atoms with van der Waals surface area (Å²) in [7, 11) is 0. The van der Waals surface area contributed by atoms with Crippen LogP contribution < -0.4 is 5.73 Å². The first kappa shape index (κ1) is 16.7. The van der Waals surface area contributed by atoms with Gasteiger partial charge in [0.2, 0.25) is 0 Å². The van der Waals surface area contributed by atoms with Crippen LogP contribution >= 0.6 is 12.4 Å². The monoisotopic (exact) mass is 300 g/mol. The van der Waals surface area contributed by atoms with Crippen LogP contribution in [0.2, 0.25) is 0 Å². The normalized spacial score (nSPS) is 17.3. The molecule has 0 bridgehead atoms. The molecular weight excluding hydrogens is 280 g/mol. The molecule has 0 aliphatic heterocycles. The van der Waals surface area contributed by atoms with Gasteiger partial charge in [-0.05, 0) is 37.3 Å². The number of nitro groups is 1. The smallest absolute Gasteiger partial charge is 0.277 e. The number of rotatable bonds is 3. The molecule has 20 heavy (non-hydrogen) atoms. The summed E-state index contributed by atoms with van der Waals surface area (Å²) in [5.41, 5.74) is 7.08. The molecule has 0 radical (unpaired) electrons. The zero-order chi connectivity index (χ0) is 14.0. The molecule has 1 aliphatic carbocycles. The van der Waals surface area contributed by atoms with Crippen LogP contribution in [0.25, 0.3) is 0 Å². The average Bonchev–Trinajstić information content (AvgIpc) is 2.41. The number of phenols is 1. The van der Waals surface area contributed by atoms with Gasteiger partial charge >= 0.3 is 0 Å². The molecule has 0 unspecified atom stereocenters. The fourth-order valence-electron chi connectivity index (χ4n) is 2.92. The second kappa shape index (κ2) is 6.90. The number of nitro benzene ring substituents is 1. The lowest BCUT2D eigenvalue weighted by molar-refractivity contribution is -0.385. The fourth-order valence-corrected chi connectivity index (χ4v) is 2.92. The fraction of sp³-hybridized carbons (Fsp3) is 0.571. The Bertz CT molecular complexity index is 488. The highest BCUT2D eigenvalue weighted by molar-refractivity contribution is 5.85. The van der Waals surface area contributed by atoms with E-state index in [1.807, 2.05) is 0 Å². The molecule has 2 rings (SSSR count). The van der Waals surface area contributed by atoms with Crippen LogP contribution in [0.5, 0.6) is 5.75 Å². The molecule has 1 aliphatic rings. The van der Waals surface area contributed by atoms with Crippen LogP contribution in [0.15, 0.2) is 12.1 Å². The van der Waals surface area contributed by atoms with E-state index in [4.69, 9.17) is 5.73 Å². The molecule has 1 atom stereocenters. The van der Waals surface area contributed by atoms with Crippen molar-refractivity contribution in [2.45, 2.75) is 45.1 Å². The number of phenolic OH excluding ortho intramolecular Hbond substituents is 1. The minimum Gasteiger partial charge on any atom is -0.507 e. The Labute approximate surface area is 124 Å². The molecule has 0 heterocycles. The molecule has 1 aromatic rings. The Morgan fingerprint density at radius 1 is 1.35 bits per heavy atom. The van der Waals surface area contributed by atoms with E-state index in [-0.39, 0.29) is 29.8 Å². The quantitative estimate of drug-likeness (QED) is 0.659. The van der Waals surface area contributed by atoms with Crippen molar-refractivity contribution in [3.05, 3.63) is 33.4 Å². The second-order valence-corrected chi connectivity index (χ2v) is 5.34. The van der Waals surface area contributed by atoms with Gasteiger partial charge in [-0.2, -0.15) is 0 Å². The van der Waals surface area contributed by atoms with Gasteiger partial charge in [0.05, 0.1) is 10.5 Å². The van der Waals surface area contributed by atoms with Gasteiger partial charge in [0, 0.05) is 12.1 Å². The third-order valence-corrected chi connectivity index (χ3v) is 4.08. The molecule has 1 aromatic carbocycles. The number of aryl methyl sites for hydroxylation is 1. The number of hydrogen-bond acceptors (Lipinski definition) is 4. The van der Waals surface area contributed by atoms with Crippen molar-refractivity contribution in [3.63, 3.8) is 0 Å². The third kappa shape index (κ3) is 3.22. The maximum Gasteiger partial charge on any atom is 0.277 e. The first-order valence-corrected chi connectivity index (χ1v) is 6.74. The summed E-state index contributed by atoms with van der Waals surface area (Å²) in [5.74, 6) is 0.201. The molecule has 3 N–H and O–H groups in total. The Morgan fingerprint density at radius 2 is 1.95 bits per heavy atom.